The van der Waals surface area contributed by atoms with Crippen LogP contribution in [-0.4, -0.2) is 39.9 Å². The van der Waals surface area contributed by atoms with Crippen LogP contribution in [0.3, 0.4) is 0 Å². The van der Waals surface area contributed by atoms with Gasteiger partial charge in [-0.15, -0.1) is 10.2 Å². The summed E-state index contributed by atoms with van der Waals surface area (Å²) in [6, 6.07) is 0. The number of carbonyl (C=O) groups is 1. The van der Waals surface area contributed by atoms with E-state index in [9.17, 15) is 4.79 Å². The Labute approximate surface area is 155 Å². The Bertz CT molecular complexity index is 700. The predicted molar refractivity (Wildman–Crippen MR) is 96.7 cm³/mol. The molecule has 0 N–H and O–H groups in total. The molecule has 26 heavy (non-hydrogen) atoms. The summed E-state index contributed by atoms with van der Waals surface area (Å²) in [4.78, 5) is 13.9. The summed E-state index contributed by atoms with van der Waals surface area (Å²) in [5.41, 5.74) is 0.236. The van der Waals surface area contributed by atoms with Crippen molar-refractivity contribution in [3.8, 4) is 0 Å². The number of nitrogens with zero attached hydrogens (tertiary/aromatic N) is 3. The van der Waals surface area contributed by atoms with Crippen LogP contribution in [0.25, 0.3) is 0 Å². The Balaban J connectivity index is 1.29. The molecule has 0 aromatic carbocycles. The first-order valence-corrected chi connectivity index (χ1v) is 9.71. The quantitative estimate of drug-likeness (QED) is 0.815. The van der Waals surface area contributed by atoms with Gasteiger partial charge < -0.3 is 14.1 Å². The molecule has 1 saturated heterocycles. The van der Waals surface area contributed by atoms with E-state index in [1.54, 1.807) is 0 Å². The second-order valence-corrected chi connectivity index (χ2v) is 11.0. The lowest BCUT2D eigenvalue weighted by molar-refractivity contribution is -0.217. The summed E-state index contributed by atoms with van der Waals surface area (Å²) in [7, 11) is 0. The number of aromatic nitrogens is 2. The van der Waals surface area contributed by atoms with Crippen molar-refractivity contribution in [2.75, 3.05) is 13.1 Å². The maximum Gasteiger partial charge on any atom is 0.410 e. The fourth-order valence-corrected chi connectivity index (χ4v) is 4.86. The highest BCUT2D eigenvalue weighted by molar-refractivity contribution is 5.69. The van der Waals surface area contributed by atoms with Gasteiger partial charge in [0.15, 0.2) is 0 Å². The smallest absolute Gasteiger partial charge is 0.410 e. The van der Waals surface area contributed by atoms with Crippen LogP contribution >= 0.6 is 0 Å². The van der Waals surface area contributed by atoms with E-state index in [-0.39, 0.29) is 16.9 Å². The molecular formula is C20H31N3O3. The molecule has 6 heteroatoms. The first-order valence-electron chi connectivity index (χ1n) is 9.71. The Hall–Kier alpha value is -1.59. The Morgan fingerprint density at radius 3 is 2.31 bits per heavy atom. The number of hydrogen-bond donors (Lipinski definition) is 0. The van der Waals surface area contributed by atoms with Gasteiger partial charge in [0.25, 0.3) is 0 Å². The predicted octanol–water partition coefficient (Wildman–Crippen LogP) is 3.95. The molecule has 6 nitrogen and oxygen atoms in total. The lowest BCUT2D eigenvalue weighted by Crippen LogP contribution is -2.73. The molecule has 0 unspecified atom stereocenters. The summed E-state index contributed by atoms with van der Waals surface area (Å²) < 4.78 is 11.4. The zero-order chi connectivity index (χ0) is 19.0. The molecule has 1 amide bonds. The van der Waals surface area contributed by atoms with Crippen LogP contribution in [0.1, 0.15) is 72.6 Å². The van der Waals surface area contributed by atoms with Crippen molar-refractivity contribution >= 4 is 6.09 Å². The number of carbonyl (C=O) groups excluding carboxylic acids is 1. The fourth-order valence-electron chi connectivity index (χ4n) is 4.86. The summed E-state index contributed by atoms with van der Waals surface area (Å²) in [5.74, 6) is 2.18. The topological polar surface area (TPSA) is 68.5 Å². The summed E-state index contributed by atoms with van der Waals surface area (Å²) in [6.07, 6.45) is 4.02. The molecule has 144 valence electrons. The number of likely N-dealkylation sites (tertiary alicyclic amines) is 1. The molecule has 3 aliphatic carbocycles. The van der Waals surface area contributed by atoms with Gasteiger partial charge in [0.1, 0.15) is 5.60 Å². The van der Waals surface area contributed by atoms with Crippen molar-refractivity contribution in [3.63, 3.8) is 0 Å². The lowest BCUT2D eigenvalue weighted by Gasteiger charge is -2.73. The number of rotatable bonds is 3. The van der Waals surface area contributed by atoms with E-state index in [4.69, 9.17) is 9.15 Å². The van der Waals surface area contributed by atoms with Crippen molar-refractivity contribution < 1.29 is 13.9 Å². The Kier molecular flexibility index (Phi) is 3.58. The number of hydrogen-bond acceptors (Lipinski definition) is 5. The SMILES string of the molecule is CC(C)(C)Cc1nnc(C23CC(C4CN(C(=O)OC(C)(C)C)C4)(C2)C3)o1. The maximum atomic E-state index is 12.1. The van der Waals surface area contributed by atoms with Gasteiger partial charge in [0.05, 0.1) is 5.41 Å². The molecule has 4 aliphatic rings. The first kappa shape index (κ1) is 17.8. The summed E-state index contributed by atoms with van der Waals surface area (Å²) >= 11 is 0. The van der Waals surface area contributed by atoms with E-state index < -0.39 is 5.60 Å². The Morgan fingerprint density at radius 2 is 1.77 bits per heavy atom. The largest absolute Gasteiger partial charge is 0.444 e. The zero-order valence-corrected chi connectivity index (χ0v) is 16.9. The third-order valence-electron chi connectivity index (χ3n) is 6.07. The van der Waals surface area contributed by atoms with Crippen molar-refractivity contribution in [3.05, 3.63) is 11.8 Å². The highest BCUT2D eigenvalue weighted by Gasteiger charge is 2.74. The molecule has 1 aliphatic heterocycles. The van der Waals surface area contributed by atoms with Crippen LogP contribution in [0.4, 0.5) is 4.79 Å². The van der Waals surface area contributed by atoms with E-state index in [0.29, 0.717) is 11.3 Å². The molecule has 2 bridgehead atoms. The average Bonchev–Trinajstić information content (AvgIpc) is 2.71. The molecular weight excluding hydrogens is 330 g/mol. The first-order chi connectivity index (χ1) is 11.9. The zero-order valence-electron chi connectivity index (χ0n) is 16.9. The van der Waals surface area contributed by atoms with Crippen molar-refractivity contribution in [2.24, 2.45) is 16.7 Å². The molecule has 1 aromatic heterocycles. The Morgan fingerprint density at radius 1 is 1.15 bits per heavy atom. The molecule has 0 radical (unpaired) electrons. The van der Waals surface area contributed by atoms with E-state index in [0.717, 1.165) is 50.6 Å². The molecule has 2 heterocycles. The van der Waals surface area contributed by atoms with E-state index >= 15 is 0 Å². The van der Waals surface area contributed by atoms with Gasteiger partial charge in [-0.1, -0.05) is 20.8 Å². The van der Waals surface area contributed by atoms with Gasteiger partial charge in [0.2, 0.25) is 11.8 Å². The normalized spacial score (nSPS) is 31.1. The van der Waals surface area contributed by atoms with Crippen LogP contribution in [0.5, 0.6) is 0 Å². The average molecular weight is 361 g/mol. The van der Waals surface area contributed by atoms with Gasteiger partial charge in [-0.05, 0) is 50.9 Å². The van der Waals surface area contributed by atoms with Gasteiger partial charge in [0, 0.05) is 25.4 Å². The molecule has 5 rings (SSSR count). The van der Waals surface area contributed by atoms with Gasteiger partial charge in [-0.3, -0.25) is 0 Å². The minimum absolute atomic E-state index is 0.121. The van der Waals surface area contributed by atoms with Crippen molar-refractivity contribution in [2.45, 2.75) is 78.2 Å². The van der Waals surface area contributed by atoms with Crippen LogP contribution in [0.15, 0.2) is 4.42 Å². The molecule has 1 aromatic rings. The molecule has 0 atom stereocenters. The highest BCUT2D eigenvalue weighted by Crippen LogP contribution is 2.77. The van der Waals surface area contributed by atoms with Crippen molar-refractivity contribution in [1.82, 2.24) is 15.1 Å². The standard InChI is InChI=1S/C20H31N3O3/c1-17(2,3)7-14-21-22-15(25-14)20-10-19(11-20,12-20)13-8-23(9-13)16(24)26-18(4,5)6/h13H,7-12H2,1-6H3. The maximum absolute atomic E-state index is 12.1. The number of ether oxygens (including phenoxy) is 1. The minimum Gasteiger partial charge on any atom is -0.444 e. The van der Waals surface area contributed by atoms with Crippen LogP contribution < -0.4 is 0 Å². The second-order valence-electron chi connectivity index (χ2n) is 11.0. The third kappa shape index (κ3) is 2.91. The van der Waals surface area contributed by atoms with Gasteiger partial charge in [-0.2, -0.15) is 0 Å². The fraction of sp³-hybridized carbons (Fsp3) is 0.850. The number of amides is 1. The van der Waals surface area contributed by atoms with E-state index in [1.807, 2.05) is 25.7 Å². The summed E-state index contributed by atoms with van der Waals surface area (Å²) in [6.45, 7) is 13.9. The highest BCUT2D eigenvalue weighted by atomic mass is 16.6. The molecule has 0 spiro atoms. The van der Waals surface area contributed by atoms with E-state index in [2.05, 4.69) is 31.0 Å². The van der Waals surface area contributed by atoms with Gasteiger partial charge >= 0.3 is 6.09 Å². The minimum atomic E-state index is -0.425. The lowest BCUT2D eigenvalue weighted by atomic mass is 9.31. The molecule has 3 saturated carbocycles. The van der Waals surface area contributed by atoms with Crippen LogP contribution in [0, 0.1) is 16.7 Å². The van der Waals surface area contributed by atoms with Crippen LogP contribution in [-0.2, 0) is 16.6 Å². The summed E-state index contributed by atoms with van der Waals surface area (Å²) in [5, 5.41) is 8.61. The molecule has 4 fully saturated rings. The van der Waals surface area contributed by atoms with Crippen LogP contribution in [0.2, 0.25) is 0 Å². The third-order valence-corrected chi connectivity index (χ3v) is 6.07. The monoisotopic (exact) mass is 361 g/mol. The second kappa shape index (κ2) is 5.23. The van der Waals surface area contributed by atoms with Crippen molar-refractivity contribution in [1.29, 1.82) is 0 Å². The van der Waals surface area contributed by atoms with Gasteiger partial charge in [-0.25, -0.2) is 4.79 Å². The van der Waals surface area contributed by atoms with E-state index in [1.165, 1.54) is 0 Å².